The number of nitrogens with zero attached hydrogens (tertiary/aromatic N) is 2. The Morgan fingerprint density at radius 3 is 2.68 bits per heavy atom. The highest BCUT2D eigenvalue weighted by atomic mass is 35.5. The number of aromatic nitrogens is 2. The summed E-state index contributed by atoms with van der Waals surface area (Å²) in [6, 6.07) is 15.2. The Hall–Kier alpha value is -2.99. The maximum absolute atomic E-state index is 12.9. The van der Waals surface area contributed by atoms with E-state index in [2.05, 4.69) is 26.1 Å². The molecular weight excluding hydrogens is 414 g/mol. The summed E-state index contributed by atoms with van der Waals surface area (Å²) in [7, 11) is 0. The van der Waals surface area contributed by atoms with Crippen molar-refractivity contribution in [2.75, 3.05) is 6.79 Å². The lowest BCUT2D eigenvalue weighted by molar-refractivity contribution is -0.122. The summed E-state index contributed by atoms with van der Waals surface area (Å²) in [6.45, 7) is 8.78. The monoisotopic (exact) mass is 439 g/mol. The third-order valence-corrected chi connectivity index (χ3v) is 5.57. The summed E-state index contributed by atoms with van der Waals surface area (Å²) >= 11 is 6.19. The molecule has 0 radical (unpaired) electrons. The summed E-state index contributed by atoms with van der Waals surface area (Å²) in [5.74, 6) is 0.969. The Morgan fingerprint density at radius 1 is 1.16 bits per heavy atom. The highest BCUT2D eigenvalue weighted by Gasteiger charge is 2.23. The molecule has 4 rings (SSSR count). The first kappa shape index (κ1) is 21.2. The van der Waals surface area contributed by atoms with Gasteiger partial charge >= 0.3 is 0 Å². The van der Waals surface area contributed by atoms with Crippen molar-refractivity contribution in [2.45, 2.75) is 45.6 Å². The second-order valence-corrected chi connectivity index (χ2v) is 9.15. The minimum atomic E-state index is -0.334. The molecule has 162 valence electrons. The van der Waals surface area contributed by atoms with Gasteiger partial charge in [0.05, 0.1) is 29.5 Å². The lowest BCUT2D eigenvalue weighted by Gasteiger charge is -2.14. The zero-order chi connectivity index (χ0) is 22.2. The van der Waals surface area contributed by atoms with E-state index in [1.54, 1.807) is 0 Å². The van der Waals surface area contributed by atoms with E-state index in [1.807, 2.05) is 60.1 Å². The van der Waals surface area contributed by atoms with Crippen LogP contribution >= 0.6 is 11.6 Å². The molecule has 1 unspecified atom stereocenters. The van der Waals surface area contributed by atoms with Crippen LogP contribution in [-0.4, -0.2) is 22.5 Å². The van der Waals surface area contributed by atoms with Gasteiger partial charge in [-0.1, -0.05) is 44.5 Å². The van der Waals surface area contributed by atoms with Crippen molar-refractivity contribution < 1.29 is 14.3 Å². The minimum absolute atomic E-state index is 0.0741. The Morgan fingerprint density at radius 2 is 1.94 bits per heavy atom. The van der Waals surface area contributed by atoms with Crippen molar-refractivity contribution in [3.05, 3.63) is 70.5 Å². The average molecular weight is 440 g/mol. The molecule has 0 fully saturated rings. The molecule has 0 saturated carbocycles. The fraction of sp³-hybridized carbons (Fsp3) is 0.333. The standard InChI is InChI=1S/C24H26ClN3O3/c1-15(16-8-9-20-21(10-16)31-14-30-20)23(29)26-13-19-12-22(24(2,3)4)27-28(19)18-7-5-6-17(25)11-18/h5-12,15H,13-14H2,1-4H3,(H,26,29). The van der Waals surface area contributed by atoms with Crippen LogP contribution in [0.5, 0.6) is 11.5 Å². The maximum Gasteiger partial charge on any atom is 0.231 e. The first-order valence-electron chi connectivity index (χ1n) is 10.2. The fourth-order valence-corrected chi connectivity index (χ4v) is 3.59. The Kier molecular flexibility index (Phi) is 5.67. The van der Waals surface area contributed by atoms with Gasteiger partial charge in [-0.25, -0.2) is 4.68 Å². The van der Waals surface area contributed by atoms with Crippen LogP contribution in [0.1, 0.15) is 50.6 Å². The molecule has 7 heteroatoms. The predicted molar refractivity (Wildman–Crippen MR) is 120 cm³/mol. The van der Waals surface area contributed by atoms with Crippen LogP contribution in [0.4, 0.5) is 0 Å². The number of benzene rings is 2. The van der Waals surface area contributed by atoms with Crippen molar-refractivity contribution in [2.24, 2.45) is 0 Å². The molecule has 0 bridgehead atoms. The van der Waals surface area contributed by atoms with Crippen LogP contribution in [0.15, 0.2) is 48.5 Å². The van der Waals surface area contributed by atoms with Crippen LogP contribution in [0.25, 0.3) is 5.69 Å². The van der Waals surface area contributed by atoms with Crippen LogP contribution in [0.2, 0.25) is 5.02 Å². The molecule has 1 aromatic heterocycles. The number of nitrogens with one attached hydrogen (secondary N) is 1. The molecule has 31 heavy (non-hydrogen) atoms. The molecule has 1 aliphatic heterocycles. The van der Waals surface area contributed by atoms with E-state index >= 15 is 0 Å². The van der Waals surface area contributed by atoms with Crippen molar-refractivity contribution in [3.8, 4) is 17.2 Å². The summed E-state index contributed by atoms with van der Waals surface area (Å²) < 4.78 is 12.6. The molecule has 0 spiro atoms. The zero-order valence-electron chi connectivity index (χ0n) is 18.1. The molecular formula is C24H26ClN3O3. The fourth-order valence-electron chi connectivity index (χ4n) is 3.41. The molecule has 1 aliphatic rings. The first-order chi connectivity index (χ1) is 14.7. The molecule has 1 amide bonds. The van der Waals surface area contributed by atoms with Gasteiger partial charge in [-0.3, -0.25) is 4.79 Å². The largest absolute Gasteiger partial charge is 0.454 e. The number of ether oxygens (including phenoxy) is 2. The number of hydrogen-bond donors (Lipinski definition) is 1. The number of halogens is 1. The Bertz CT molecular complexity index is 1120. The quantitative estimate of drug-likeness (QED) is 0.609. The Labute approximate surface area is 187 Å². The van der Waals surface area contributed by atoms with E-state index in [9.17, 15) is 4.79 Å². The number of carbonyl (C=O) groups is 1. The van der Waals surface area contributed by atoms with Crippen LogP contribution in [-0.2, 0) is 16.8 Å². The van der Waals surface area contributed by atoms with Crippen LogP contribution in [0.3, 0.4) is 0 Å². The van der Waals surface area contributed by atoms with E-state index < -0.39 is 0 Å². The molecule has 6 nitrogen and oxygen atoms in total. The summed E-state index contributed by atoms with van der Waals surface area (Å²) in [5.41, 5.74) is 3.44. The average Bonchev–Trinajstić information content (AvgIpc) is 3.37. The highest BCUT2D eigenvalue weighted by Crippen LogP contribution is 2.34. The van der Waals surface area contributed by atoms with Gasteiger partial charge in [0.15, 0.2) is 11.5 Å². The third-order valence-electron chi connectivity index (χ3n) is 5.34. The molecule has 0 aliphatic carbocycles. The van der Waals surface area contributed by atoms with Crippen molar-refractivity contribution in [1.82, 2.24) is 15.1 Å². The molecule has 1 N–H and O–H groups in total. The second kappa shape index (κ2) is 8.27. The first-order valence-corrected chi connectivity index (χ1v) is 10.6. The van der Waals surface area contributed by atoms with Gasteiger partial charge in [-0.2, -0.15) is 5.10 Å². The molecule has 1 atom stereocenters. The normalized spacial score (nSPS) is 13.8. The third kappa shape index (κ3) is 4.54. The number of amides is 1. The van der Waals surface area contributed by atoms with E-state index in [-0.39, 0.29) is 24.0 Å². The highest BCUT2D eigenvalue weighted by molar-refractivity contribution is 6.30. The molecule has 0 saturated heterocycles. The predicted octanol–water partition coefficient (Wildman–Crippen LogP) is 4.97. The van der Waals surface area contributed by atoms with E-state index in [1.165, 1.54) is 0 Å². The van der Waals surface area contributed by atoms with E-state index in [4.69, 9.17) is 26.2 Å². The van der Waals surface area contributed by atoms with Crippen molar-refractivity contribution >= 4 is 17.5 Å². The number of carbonyl (C=O) groups excluding carboxylic acids is 1. The van der Waals surface area contributed by atoms with Gasteiger partial charge in [0, 0.05) is 10.4 Å². The zero-order valence-corrected chi connectivity index (χ0v) is 18.9. The van der Waals surface area contributed by atoms with Gasteiger partial charge in [0.25, 0.3) is 0 Å². The van der Waals surface area contributed by atoms with Crippen molar-refractivity contribution in [3.63, 3.8) is 0 Å². The van der Waals surface area contributed by atoms with Gasteiger partial charge in [-0.05, 0) is 48.9 Å². The number of hydrogen-bond acceptors (Lipinski definition) is 4. The Balaban J connectivity index is 1.54. The summed E-state index contributed by atoms with van der Waals surface area (Å²) in [6.07, 6.45) is 0. The molecule has 2 aromatic carbocycles. The number of fused-ring (bicyclic) bond motifs is 1. The minimum Gasteiger partial charge on any atom is -0.454 e. The number of rotatable bonds is 5. The topological polar surface area (TPSA) is 65.4 Å². The lowest BCUT2D eigenvalue weighted by atomic mass is 9.92. The van der Waals surface area contributed by atoms with Gasteiger partial charge < -0.3 is 14.8 Å². The van der Waals surface area contributed by atoms with E-state index in [0.29, 0.717) is 23.1 Å². The van der Waals surface area contributed by atoms with Crippen molar-refractivity contribution in [1.29, 1.82) is 0 Å². The van der Waals surface area contributed by atoms with Gasteiger partial charge in [-0.15, -0.1) is 0 Å². The maximum atomic E-state index is 12.9. The summed E-state index contributed by atoms with van der Waals surface area (Å²) in [4.78, 5) is 12.9. The van der Waals surface area contributed by atoms with Crippen LogP contribution in [0, 0.1) is 0 Å². The molecule has 3 aromatic rings. The smallest absolute Gasteiger partial charge is 0.231 e. The van der Waals surface area contributed by atoms with Gasteiger partial charge in [0.2, 0.25) is 12.7 Å². The van der Waals surface area contributed by atoms with Crippen LogP contribution < -0.4 is 14.8 Å². The molecule has 2 heterocycles. The van der Waals surface area contributed by atoms with Gasteiger partial charge in [0.1, 0.15) is 0 Å². The second-order valence-electron chi connectivity index (χ2n) is 8.71. The SMILES string of the molecule is CC(C(=O)NCc1cc(C(C)(C)C)nn1-c1cccc(Cl)c1)c1ccc2c(c1)OCO2. The summed E-state index contributed by atoms with van der Waals surface area (Å²) in [5, 5.41) is 8.47. The van der Waals surface area contributed by atoms with E-state index in [0.717, 1.165) is 22.6 Å². The lowest BCUT2D eigenvalue weighted by Crippen LogP contribution is -2.28.